The first kappa shape index (κ1) is 11.3. The molecule has 0 fully saturated rings. The van der Waals surface area contributed by atoms with Gasteiger partial charge in [-0.2, -0.15) is 0 Å². The molecule has 5 nitrogen and oxygen atoms in total. The molecule has 0 bridgehead atoms. The van der Waals surface area contributed by atoms with Crippen LogP contribution in [0.25, 0.3) is 0 Å². The minimum absolute atomic E-state index is 0.117. The summed E-state index contributed by atoms with van der Waals surface area (Å²) in [6.45, 7) is 0.227. The van der Waals surface area contributed by atoms with Crippen molar-refractivity contribution in [2.45, 2.75) is 0 Å². The third-order valence-corrected chi connectivity index (χ3v) is 1.81. The number of ketones is 1. The summed E-state index contributed by atoms with van der Waals surface area (Å²) in [5.41, 5.74) is 0.663. The lowest BCUT2D eigenvalue weighted by Crippen LogP contribution is -2.19. The van der Waals surface area contributed by atoms with Gasteiger partial charge >= 0.3 is 5.97 Å². The fraction of sp³-hybridized carbons (Fsp3) is 0.300. The molecule has 1 rings (SSSR count). The summed E-state index contributed by atoms with van der Waals surface area (Å²) in [4.78, 5) is 26.3. The zero-order chi connectivity index (χ0) is 11.3. The number of ether oxygens (including phenoxy) is 1. The molecule has 0 unspecified atom stereocenters. The first-order valence-corrected chi connectivity index (χ1v) is 4.41. The number of esters is 1. The van der Waals surface area contributed by atoms with Gasteiger partial charge in [-0.3, -0.25) is 9.78 Å². The summed E-state index contributed by atoms with van der Waals surface area (Å²) >= 11 is 0. The fourth-order valence-corrected chi connectivity index (χ4v) is 1.05. The highest BCUT2D eigenvalue weighted by Crippen LogP contribution is 2.02. The van der Waals surface area contributed by atoms with Crippen LogP contribution in [-0.4, -0.2) is 37.4 Å². The number of aromatic nitrogens is 1. The van der Waals surface area contributed by atoms with Crippen LogP contribution in [0.15, 0.2) is 18.3 Å². The molecule has 0 saturated heterocycles. The van der Waals surface area contributed by atoms with Crippen LogP contribution in [0.3, 0.4) is 0 Å². The summed E-state index contributed by atoms with van der Waals surface area (Å²) in [5, 5.41) is 2.73. The number of carbonyl (C=O) groups is 2. The van der Waals surface area contributed by atoms with Crippen molar-refractivity contribution in [2.24, 2.45) is 0 Å². The van der Waals surface area contributed by atoms with Gasteiger partial charge in [-0.15, -0.1) is 0 Å². The van der Waals surface area contributed by atoms with Crippen molar-refractivity contribution >= 4 is 11.8 Å². The first-order valence-electron chi connectivity index (χ1n) is 4.41. The Morgan fingerprint density at radius 1 is 1.47 bits per heavy atom. The fourth-order valence-electron chi connectivity index (χ4n) is 1.05. The highest BCUT2D eigenvalue weighted by molar-refractivity contribution is 5.96. The monoisotopic (exact) mass is 208 g/mol. The van der Waals surface area contributed by atoms with Gasteiger partial charge in [0.1, 0.15) is 5.69 Å². The largest absolute Gasteiger partial charge is 0.465 e. The molecule has 0 aliphatic carbocycles. The van der Waals surface area contributed by atoms with Crippen molar-refractivity contribution in [3.63, 3.8) is 0 Å². The molecule has 0 aliphatic heterocycles. The zero-order valence-electron chi connectivity index (χ0n) is 8.61. The van der Waals surface area contributed by atoms with Crippen LogP contribution in [0.4, 0.5) is 0 Å². The molecule has 0 radical (unpaired) electrons. The molecule has 80 valence electrons. The van der Waals surface area contributed by atoms with Crippen molar-refractivity contribution in [1.29, 1.82) is 0 Å². The summed E-state index contributed by atoms with van der Waals surface area (Å²) < 4.78 is 4.51. The van der Waals surface area contributed by atoms with Crippen molar-refractivity contribution in [1.82, 2.24) is 10.3 Å². The van der Waals surface area contributed by atoms with Gasteiger partial charge in [0.05, 0.1) is 19.2 Å². The third-order valence-electron chi connectivity index (χ3n) is 1.81. The van der Waals surface area contributed by atoms with E-state index in [9.17, 15) is 9.59 Å². The molecule has 0 spiro atoms. The van der Waals surface area contributed by atoms with E-state index in [1.54, 1.807) is 7.05 Å². The van der Waals surface area contributed by atoms with Gasteiger partial charge in [0.25, 0.3) is 0 Å². The second kappa shape index (κ2) is 5.21. The molecule has 0 amide bonds. The smallest absolute Gasteiger partial charge is 0.339 e. The number of nitrogens with zero attached hydrogens (tertiary/aromatic N) is 1. The van der Waals surface area contributed by atoms with Crippen LogP contribution in [0, 0.1) is 0 Å². The lowest BCUT2D eigenvalue weighted by atomic mass is 10.2. The number of rotatable bonds is 4. The summed E-state index contributed by atoms with van der Waals surface area (Å²) in [6, 6.07) is 3.02. The van der Waals surface area contributed by atoms with Gasteiger partial charge in [0.2, 0.25) is 0 Å². The SMILES string of the molecule is CNCC(=O)c1ccc(C(=O)OC)cn1. The Morgan fingerprint density at radius 2 is 2.20 bits per heavy atom. The molecular weight excluding hydrogens is 196 g/mol. The predicted octanol–water partition coefficient (Wildman–Crippen LogP) is 0.270. The van der Waals surface area contributed by atoms with E-state index in [4.69, 9.17) is 0 Å². The van der Waals surface area contributed by atoms with E-state index in [1.165, 1.54) is 25.4 Å². The molecule has 15 heavy (non-hydrogen) atoms. The molecule has 0 aliphatic rings. The van der Waals surface area contributed by atoms with Crippen molar-refractivity contribution in [3.05, 3.63) is 29.6 Å². The minimum atomic E-state index is -0.463. The van der Waals surface area contributed by atoms with Gasteiger partial charge in [-0.1, -0.05) is 0 Å². The Balaban J connectivity index is 2.80. The molecule has 5 heteroatoms. The van der Waals surface area contributed by atoms with E-state index >= 15 is 0 Å². The molecule has 0 saturated carbocycles. The molecule has 1 aromatic rings. The van der Waals surface area contributed by atoms with Crippen molar-refractivity contribution in [3.8, 4) is 0 Å². The van der Waals surface area contributed by atoms with E-state index < -0.39 is 5.97 Å². The van der Waals surface area contributed by atoms with E-state index in [0.717, 1.165) is 0 Å². The van der Waals surface area contributed by atoms with Crippen LogP contribution in [0.2, 0.25) is 0 Å². The van der Waals surface area contributed by atoms with Crippen LogP contribution >= 0.6 is 0 Å². The maximum absolute atomic E-state index is 11.4. The second-order valence-electron chi connectivity index (χ2n) is 2.88. The standard InChI is InChI=1S/C10H12N2O3/c1-11-6-9(13)8-4-3-7(5-12-8)10(14)15-2/h3-5,11H,6H2,1-2H3. The Kier molecular flexibility index (Phi) is 3.93. The first-order chi connectivity index (χ1) is 7.19. The highest BCUT2D eigenvalue weighted by atomic mass is 16.5. The summed E-state index contributed by atoms with van der Waals surface area (Å²) in [5.74, 6) is -0.580. The molecule has 0 atom stereocenters. The molecular formula is C10H12N2O3. The Hall–Kier alpha value is -1.75. The minimum Gasteiger partial charge on any atom is -0.465 e. The Labute approximate surface area is 87.5 Å². The third kappa shape index (κ3) is 2.85. The maximum atomic E-state index is 11.4. The number of hydrogen-bond donors (Lipinski definition) is 1. The average Bonchev–Trinajstić information content (AvgIpc) is 2.28. The molecule has 1 heterocycles. The van der Waals surface area contributed by atoms with Crippen LogP contribution in [0.1, 0.15) is 20.8 Å². The maximum Gasteiger partial charge on any atom is 0.339 e. The number of nitrogens with one attached hydrogen (secondary N) is 1. The van der Waals surface area contributed by atoms with Gasteiger partial charge in [-0.25, -0.2) is 4.79 Å². The second-order valence-corrected chi connectivity index (χ2v) is 2.88. The predicted molar refractivity (Wildman–Crippen MR) is 53.8 cm³/mol. The van der Waals surface area contributed by atoms with Gasteiger partial charge in [0, 0.05) is 6.20 Å². The number of Topliss-reactive ketones (excluding diaryl/α,β-unsaturated/α-hetero) is 1. The van der Waals surface area contributed by atoms with E-state index in [-0.39, 0.29) is 12.3 Å². The number of likely N-dealkylation sites (N-methyl/N-ethyl adjacent to an activating group) is 1. The molecule has 1 aromatic heterocycles. The topological polar surface area (TPSA) is 68.3 Å². The van der Waals surface area contributed by atoms with E-state index in [2.05, 4.69) is 15.0 Å². The number of methoxy groups -OCH3 is 1. The van der Waals surface area contributed by atoms with Crippen LogP contribution < -0.4 is 5.32 Å². The Bertz CT molecular complexity index is 359. The van der Waals surface area contributed by atoms with Crippen molar-refractivity contribution < 1.29 is 14.3 Å². The molecule has 1 N–H and O–H groups in total. The van der Waals surface area contributed by atoms with Crippen molar-refractivity contribution in [2.75, 3.05) is 20.7 Å². The highest BCUT2D eigenvalue weighted by Gasteiger charge is 2.09. The quantitative estimate of drug-likeness (QED) is 0.568. The summed E-state index contributed by atoms with van der Waals surface area (Å²) in [6.07, 6.45) is 1.33. The van der Waals surface area contributed by atoms with Gasteiger partial charge < -0.3 is 10.1 Å². The zero-order valence-corrected chi connectivity index (χ0v) is 8.61. The average molecular weight is 208 g/mol. The molecule has 0 aromatic carbocycles. The van der Waals surface area contributed by atoms with E-state index in [0.29, 0.717) is 11.3 Å². The van der Waals surface area contributed by atoms with Crippen LogP contribution in [-0.2, 0) is 4.74 Å². The normalized spacial score (nSPS) is 9.73. The number of hydrogen-bond acceptors (Lipinski definition) is 5. The summed E-state index contributed by atoms with van der Waals surface area (Å²) in [7, 11) is 2.98. The number of carbonyl (C=O) groups excluding carboxylic acids is 2. The lowest BCUT2D eigenvalue weighted by Gasteiger charge is -2.01. The van der Waals surface area contributed by atoms with Crippen LogP contribution in [0.5, 0.6) is 0 Å². The van der Waals surface area contributed by atoms with E-state index in [1.807, 2.05) is 0 Å². The van der Waals surface area contributed by atoms with Gasteiger partial charge in [-0.05, 0) is 19.2 Å². The Morgan fingerprint density at radius 3 is 2.67 bits per heavy atom. The lowest BCUT2D eigenvalue weighted by molar-refractivity contribution is 0.0600. The van der Waals surface area contributed by atoms with Gasteiger partial charge in [0.15, 0.2) is 5.78 Å². The number of pyridine rings is 1.